The van der Waals surface area contributed by atoms with Crippen molar-refractivity contribution in [1.82, 2.24) is 0 Å². The second kappa shape index (κ2) is 4.60. The molecule has 2 fully saturated rings. The molecule has 0 aliphatic carbocycles. The zero-order chi connectivity index (χ0) is 9.73. The third-order valence-corrected chi connectivity index (χ3v) is 3.77. The molecule has 0 aromatic carbocycles. The van der Waals surface area contributed by atoms with Gasteiger partial charge in [-0.25, -0.2) is 8.42 Å². The van der Waals surface area contributed by atoms with Gasteiger partial charge in [0.15, 0.2) is 0 Å². The lowest BCUT2D eigenvalue weighted by atomic mass is 10.4. The fourth-order valence-corrected chi connectivity index (χ4v) is 2.71. The Labute approximate surface area is 78.2 Å². The van der Waals surface area contributed by atoms with Crippen LogP contribution in [0.2, 0.25) is 0 Å². The Kier molecular flexibility index (Phi) is 3.71. The van der Waals surface area contributed by atoms with E-state index in [9.17, 15) is 13.2 Å². The van der Waals surface area contributed by atoms with Gasteiger partial charge in [-0.1, -0.05) is 0 Å². The van der Waals surface area contributed by atoms with Crippen LogP contribution in [0.3, 0.4) is 0 Å². The summed E-state index contributed by atoms with van der Waals surface area (Å²) in [5, 5.41) is 0. The van der Waals surface area contributed by atoms with E-state index >= 15 is 0 Å². The van der Waals surface area contributed by atoms with Crippen LogP contribution >= 0.6 is 0 Å². The summed E-state index contributed by atoms with van der Waals surface area (Å²) in [6.45, 7) is 0.638. The summed E-state index contributed by atoms with van der Waals surface area (Å²) >= 11 is 0. The molecule has 0 saturated carbocycles. The van der Waals surface area contributed by atoms with Crippen LogP contribution in [0.5, 0.6) is 0 Å². The van der Waals surface area contributed by atoms with Gasteiger partial charge >= 0.3 is 5.97 Å². The topological polar surface area (TPSA) is 60.4 Å². The third kappa shape index (κ3) is 4.26. The van der Waals surface area contributed by atoms with Gasteiger partial charge in [0, 0.05) is 6.42 Å². The summed E-state index contributed by atoms with van der Waals surface area (Å²) in [7, 11) is -2.55. The molecule has 76 valence electrons. The van der Waals surface area contributed by atoms with Crippen LogP contribution < -0.4 is 0 Å². The van der Waals surface area contributed by atoms with Crippen LogP contribution in [-0.4, -0.2) is 32.5 Å². The van der Waals surface area contributed by atoms with Crippen molar-refractivity contribution in [3.8, 4) is 0 Å². The first-order valence-corrected chi connectivity index (χ1v) is 6.28. The Morgan fingerprint density at radius 3 is 1.85 bits per heavy atom. The van der Waals surface area contributed by atoms with Crippen LogP contribution in [0.25, 0.3) is 0 Å². The molecule has 2 aliphatic heterocycles. The van der Waals surface area contributed by atoms with E-state index in [4.69, 9.17) is 0 Å². The predicted molar refractivity (Wildman–Crippen MR) is 48.1 cm³/mol. The number of rotatable bonds is 0. The molecule has 2 aliphatic rings. The van der Waals surface area contributed by atoms with E-state index < -0.39 is 9.84 Å². The van der Waals surface area contributed by atoms with Gasteiger partial charge in [-0.15, -0.1) is 0 Å². The molecule has 0 aromatic heterocycles. The Balaban J connectivity index is 0.000000132. The average Bonchev–Trinajstić information content (AvgIpc) is 2.62. The summed E-state index contributed by atoms with van der Waals surface area (Å²) in [5.41, 5.74) is 0. The third-order valence-electron chi connectivity index (χ3n) is 1.95. The number of carbonyl (C=O) groups excluding carboxylic acids is 1. The molecular weight excluding hydrogens is 192 g/mol. The first-order chi connectivity index (χ1) is 6.10. The second-order valence-corrected chi connectivity index (χ2v) is 5.49. The minimum Gasteiger partial charge on any atom is -0.466 e. The normalized spacial score (nSPS) is 24.8. The van der Waals surface area contributed by atoms with Gasteiger partial charge in [-0.05, 0) is 19.3 Å². The van der Waals surface area contributed by atoms with Gasteiger partial charge < -0.3 is 4.74 Å². The molecule has 0 aromatic rings. The van der Waals surface area contributed by atoms with E-state index in [2.05, 4.69) is 4.74 Å². The van der Waals surface area contributed by atoms with Crippen molar-refractivity contribution in [3.05, 3.63) is 0 Å². The van der Waals surface area contributed by atoms with E-state index in [1.54, 1.807) is 0 Å². The smallest absolute Gasteiger partial charge is 0.305 e. The zero-order valence-electron chi connectivity index (χ0n) is 7.49. The van der Waals surface area contributed by atoms with Crippen molar-refractivity contribution in [1.29, 1.82) is 0 Å². The summed E-state index contributed by atoms with van der Waals surface area (Å²) in [6, 6.07) is 0. The number of hydrogen-bond donors (Lipinski definition) is 0. The first kappa shape index (κ1) is 10.5. The molecule has 0 spiro atoms. The molecule has 5 heteroatoms. The van der Waals surface area contributed by atoms with Crippen molar-refractivity contribution in [2.24, 2.45) is 0 Å². The lowest BCUT2D eigenvalue weighted by molar-refractivity contribution is -0.137. The fraction of sp³-hybridized carbons (Fsp3) is 0.875. The highest BCUT2D eigenvalue weighted by molar-refractivity contribution is 7.91. The van der Waals surface area contributed by atoms with E-state index in [1.165, 1.54) is 0 Å². The highest BCUT2D eigenvalue weighted by Crippen LogP contribution is 2.08. The lowest BCUT2D eigenvalue weighted by Gasteiger charge is -1.81. The Bertz CT molecular complexity index is 248. The molecule has 13 heavy (non-hydrogen) atoms. The number of carbonyl (C=O) groups is 1. The molecule has 0 atom stereocenters. The van der Waals surface area contributed by atoms with Gasteiger partial charge in [0.2, 0.25) is 0 Å². The molecule has 0 bridgehead atoms. The number of ether oxygens (including phenoxy) is 1. The Morgan fingerprint density at radius 1 is 1.08 bits per heavy atom. The SMILES string of the molecule is O=C1CCCO1.O=S1(=O)CCCC1. The number of cyclic esters (lactones) is 1. The van der Waals surface area contributed by atoms with E-state index in [0.29, 0.717) is 24.5 Å². The van der Waals surface area contributed by atoms with Gasteiger partial charge in [0.1, 0.15) is 9.84 Å². The quantitative estimate of drug-likeness (QED) is 0.542. The van der Waals surface area contributed by atoms with Crippen LogP contribution in [0.1, 0.15) is 25.7 Å². The number of hydrogen-bond acceptors (Lipinski definition) is 4. The van der Waals surface area contributed by atoms with Crippen molar-refractivity contribution in [2.75, 3.05) is 18.1 Å². The summed E-state index contributed by atoms with van der Waals surface area (Å²) in [5.74, 6) is 0.801. The second-order valence-electron chi connectivity index (χ2n) is 3.18. The Morgan fingerprint density at radius 2 is 1.69 bits per heavy atom. The maximum absolute atomic E-state index is 10.4. The van der Waals surface area contributed by atoms with Crippen LogP contribution in [-0.2, 0) is 19.4 Å². The molecule has 0 unspecified atom stereocenters. The van der Waals surface area contributed by atoms with Crippen LogP contribution in [0, 0.1) is 0 Å². The molecule has 4 nitrogen and oxygen atoms in total. The summed E-state index contributed by atoms with van der Waals surface area (Å²) in [6.07, 6.45) is 3.30. The summed E-state index contributed by atoms with van der Waals surface area (Å²) < 4.78 is 25.4. The molecule has 0 amide bonds. The molecule has 0 radical (unpaired) electrons. The molecule has 2 saturated heterocycles. The fourth-order valence-electron chi connectivity index (χ4n) is 1.22. The minimum atomic E-state index is -2.55. The zero-order valence-corrected chi connectivity index (χ0v) is 8.31. The standard InChI is InChI=1S/C4H8O2S.C4H6O2/c5-7(6)3-1-2-4-7;5-4-2-1-3-6-4/h1-4H2;1-3H2. The van der Waals surface area contributed by atoms with E-state index in [0.717, 1.165) is 19.3 Å². The van der Waals surface area contributed by atoms with Crippen LogP contribution in [0.15, 0.2) is 0 Å². The lowest BCUT2D eigenvalue weighted by Crippen LogP contribution is -1.98. The molecule has 2 heterocycles. The van der Waals surface area contributed by atoms with Gasteiger partial charge in [-0.3, -0.25) is 4.79 Å². The molecule has 0 N–H and O–H groups in total. The Hall–Kier alpha value is -0.580. The number of sulfone groups is 1. The van der Waals surface area contributed by atoms with Crippen molar-refractivity contribution >= 4 is 15.8 Å². The largest absolute Gasteiger partial charge is 0.466 e. The van der Waals surface area contributed by atoms with Crippen molar-refractivity contribution < 1.29 is 17.9 Å². The first-order valence-electron chi connectivity index (χ1n) is 4.46. The molecular formula is C8H14O4S. The van der Waals surface area contributed by atoms with Gasteiger partial charge in [0.05, 0.1) is 18.1 Å². The minimum absolute atomic E-state index is 0.0463. The monoisotopic (exact) mass is 206 g/mol. The van der Waals surface area contributed by atoms with E-state index in [1.807, 2.05) is 0 Å². The van der Waals surface area contributed by atoms with Gasteiger partial charge in [-0.2, -0.15) is 0 Å². The van der Waals surface area contributed by atoms with E-state index in [-0.39, 0.29) is 5.97 Å². The maximum atomic E-state index is 10.4. The molecule has 2 rings (SSSR count). The average molecular weight is 206 g/mol. The van der Waals surface area contributed by atoms with Crippen LogP contribution in [0.4, 0.5) is 0 Å². The van der Waals surface area contributed by atoms with Crippen molar-refractivity contribution in [2.45, 2.75) is 25.7 Å². The number of esters is 1. The predicted octanol–water partition coefficient (Wildman–Crippen LogP) is 0.518. The maximum Gasteiger partial charge on any atom is 0.305 e. The highest BCUT2D eigenvalue weighted by atomic mass is 32.2. The highest BCUT2D eigenvalue weighted by Gasteiger charge is 2.16. The summed E-state index contributed by atoms with van der Waals surface area (Å²) in [4.78, 5) is 10.0. The van der Waals surface area contributed by atoms with Crippen molar-refractivity contribution in [3.63, 3.8) is 0 Å². The van der Waals surface area contributed by atoms with Gasteiger partial charge in [0.25, 0.3) is 0 Å².